The number of carbonyl (C=O) groups excluding carboxylic acids is 2. The van der Waals surface area contributed by atoms with Crippen molar-refractivity contribution in [2.75, 3.05) is 44.4 Å². The topological polar surface area (TPSA) is 57.1 Å². The maximum Gasteiger partial charge on any atom is 0.278 e. The summed E-state index contributed by atoms with van der Waals surface area (Å²) in [6.45, 7) is 6.64. The van der Waals surface area contributed by atoms with Crippen LogP contribution in [0.2, 0.25) is 0 Å². The SMILES string of the molecule is CN(C)c1ccc(C[NH+](C)CC(=O)N(CC(=O)Nc2ccc(F)cc2)C(C)(C)C)cc1. The Hall–Kier alpha value is -2.93. The maximum absolute atomic E-state index is 13.1. The molecule has 0 fully saturated rings. The Morgan fingerprint density at radius 2 is 1.58 bits per heavy atom. The van der Waals surface area contributed by atoms with Crippen LogP contribution in [0, 0.1) is 5.82 Å². The minimum Gasteiger partial charge on any atom is -0.378 e. The first-order valence-corrected chi connectivity index (χ1v) is 10.4. The molecule has 0 aliphatic carbocycles. The van der Waals surface area contributed by atoms with Crippen LogP contribution in [0.25, 0.3) is 0 Å². The van der Waals surface area contributed by atoms with Crippen molar-refractivity contribution in [2.45, 2.75) is 32.9 Å². The zero-order chi connectivity index (χ0) is 23.2. The number of carbonyl (C=O) groups is 2. The Labute approximate surface area is 184 Å². The number of hydrogen-bond acceptors (Lipinski definition) is 3. The van der Waals surface area contributed by atoms with Crippen molar-refractivity contribution in [1.29, 1.82) is 0 Å². The number of nitrogens with zero attached hydrogens (tertiary/aromatic N) is 2. The van der Waals surface area contributed by atoms with Crippen LogP contribution >= 0.6 is 0 Å². The smallest absolute Gasteiger partial charge is 0.278 e. The summed E-state index contributed by atoms with van der Waals surface area (Å²) < 4.78 is 13.1. The molecule has 0 saturated carbocycles. The molecule has 2 amide bonds. The molecule has 31 heavy (non-hydrogen) atoms. The van der Waals surface area contributed by atoms with E-state index in [2.05, 4.69) is 29.6 Å². The molecule has 0 radical (unpaired) electrons. The summed E-state index contributed by atoms with van der Waals surface area (Å²) in [5.74, 6) is -0.775. The average molecular weight is 430 g/mol. The Kier molecular flexibility index (Phi) is 8.16. The third-order valence-electron chi connectivity index (χ3n) is 4.95. The molecule has 0 heterocycles. The molecule has 0 spiro atoms. The lowest BCUT2D eigenvalue weighted by atomic mass is 10.1. The quantitative estimate of drug-likeness (QED) is 0.676. The number of rotatable bonds is 8. The van der Waals surface area contributed by atoms with Crippen molar-refractivity contribution >= 4 is 23.2 Å². The lowest BCUT2D eigenvalue weighted by Crippen LogP contribution is -3.09. The number of halogens is 1. The molecule has 6 nitrogen and oxygen atoms in total. The van der Waals surface area contributed by atoms with Gasteiger partial charge >= 0.3 is 0 Å². The largest absolute Gasteiger partial charge is 0.378 e. The van der Waals surface area contributed by atoms with Crippen LogP contribution in [0.5, 0.6) is 0 Å². The predicted molar refractivity (Wildman–Crippen MR) is 123 cm³/mol. The van der Waals surface area contributed by atoms with Crippen molar-refractivity contribution in [3.8, 4) is 0 Å². The zero-order valence-electron chi connectivity index (χ0n) is 19.3. The Morgan fingerprint density at radius 3 is 2.10 bits per heavy atom. The summed E-state index contributed by atoms with van der Waals surface area (Å²) >= 11 is 0. The molecule has 2 rings (SSSR count). The number of nitrogens with one attached hydrogen (secondary N) is 2. The summed E-state index contributed by atoms with van der Waals surface area (Å²) in [4.78, 5) is 30.2. The second-order valence-corrected chi connectivity index (χ2v) is 9.08. The average Bonchev–Trinajstić information content (AvgIpc) is 2.67. The van der Waals surface area contributed by atoms with Crippen LogP contribution in [0.15, 0.2) is 48.5 Å². The van der Waals surface area contributed by atoms with Gasteiger partial charge in [-0.25, -0.2) is 4.39 Å². The van der Waals surface area contributed by atoms with Crippen molar-refractivity contribution in [3.05, 3.63) is 59.9 Å². The fourth-order valence-electron chi connectivity index (χ4n) is 3.25. The first kappa shape index (κ1) is 24.3. The summed E-state index contributed by atoms with van der Waals surface area (Å²) in [7, 11) is 5.97. The maximum atomic E-state index is 13.1. The van der Waals surface area contributed by atoms with E-state index >= 15 is 0 Å². The normalized spacial score (nSPS) is 12.2. The van der Waals surface area contributed by atoms with Crippen LogP contribution < -0.4 is 15.1 Å². The molecule has 1 atom stereocenters. The highest BCUT2D eigenvalue weighted by atomic mass is 19.1. The number of anilines is 2. The molecular formula is C24H34FN4O2+. The van der Waals surface area contributed by atoms with Gasteiger partial charge in [-0.05, 0) is 57.2 Å². The van der Waals surface area contributed by atoms with Crippen LogP contribution in [0.3, 0.4) is 0 Å². The van der Waals surface area contributed by atoms with Crippen LogP contribution in [-0.4, -0.2) is 56.5 Å². The van der Waals surface area contributed by atoms with Gasteiger partial charge in [0.25, 0.3) is 5.91 Å². The van der Waals surface area contributed by atoms with Gasteiger partial charge in [-0.2, -0.15) is 0 Å². The summed E-state index contributed by atoms with van der Waals surface area (Å²) in [5.41, 5.74) is 2.26. The van der Waals surface area contributed by atoms with Gasteiger partial charge in [0.15, 0.2) is 6.54 Å². The molecule has 0 saturated heterocycles. The van der Waals surface area contributed by atoms with Crippen LogP contribution in [0.1, 0.15) is 26.3 Å². The molecule has 0 aliphatic rings. The van der Waals surface area contributed by atoms with E-state index in [4.69, 9.17) is 0 Å². The van der Waals surface area contributed by atoms with Crippen molar-refractivity contribution in [2.24, 2.45) is 0 Å². The van der Waals surface area contributed by atoms with Gasteiger partial charge in [0.1, 0.15) is 18.9 Å². The van der Waals surface area contributed by atoms with E-state index in [0.717, 1.165) is 16.2 Å². The second kappa shape index (κ2) is 10.4. The number of quaternary nitrogens is 1. The molecule has 0 aromatic heterocycles. The molecule has 168 valence electrons. The molecule has 2 aromatic carbocycles. The van der Waals surface area contributed by atoms with E-state index in [1.54, 1.807) is 4.90 Å². The monoisotopic (exact) mass is 429 g/mol. The Balaban J connectivity index is 1.98. The Morgan fingerprint density at radius 1 is 1.00 bits per heavy atom. The van der Waals surface area contributed by atoms with Crippen LogP contribution in [0.4, 0.5) is 15.8 Å². The zero-order valence-corrected chi connectivity index (χ0v) is 19.3. The van der Waals surface area contributed by atoms with E-state index < -0.39 is 5.54 Å². The Bertz CT molecular complexity index is 874. The number of amides is 2. The molecule has 2 N–H and O–H groups in total. The van der Waals surface area contributed by atoms with Gasteiger partial charge in [0, 0.05) is 36.6 Å². The molecule has 1 unspecified atom stereocenters. The molecular weight excluding hydrogens is 395 g/mol. The lowest BCUT2D eigenvalue weighted by molar-refractivity contribution is -0.885. The van der Waals surface area contributed by atoms with Crippen molar-refractivity contribution < 1.29 is 18.9 Å². The summed E-state index contributed by atoms with van der Waals surface area (Å²) in [6, 6.07) is 13.8. The van der Waals surface area contributed by atoms with Crippen molar-refractivity contribution in [3.63, 3.8) is 0 Å². The molecule has 7 heteroatoms. The lowest BCUT2D eigenvalue weighted by Gasteiger charge is -2.35. The summed E-state index contributed by atoms with van der Waals surface area (Å²) in [6.07, 6.45) is 0. The predicted octanol–water partition coefficient (Wildman–Crippen LogP) is 2.17. The fraction of sp³-hybridized carbons (Fsp3) is 0.417. The van der Waals surface area contributed by atoms with Gasteiger partial charge in [-0.1, -0.05) is 12.1 Å². The summed E-state index contributed by atoms with van der Waals surface area (Å²) in [5, 5.41) is 2.72. The number of hydrogen-bond donors (Lipinski definition) is 2. The highest BCUT2D eigenvalue weighted by Gasteiger charge is 2.30. The molecule has 2 aromatic rings. The van der Waals surface area contributed by atoms with E-state index in [0.29, 0.717) is 12.2 Å². The fourth-order valence-corrected chi connectivity index (χ4v) is 3.25. The third-order valence-corrected chi connectivity index (χ3v) is 4.95. The highest BCUT2D eigenvalue weighted by Crippen LogP contribution is 2.15. The van der Waals surface area contributed by atoms with Crippen molar-refractivity contribution in [1.82, 2.24) is 4.90 Å². The van der Waals surface area contributed by atoms with E-state index in [-0.39, 0.29) is 30.7 Å². The van der Waals surface area contributed by atoms with Gasteiger partial charge in [-0.15, -0.1) is 0 Å². The van der Waals surface area contributed by atoms with Crippen LogP contribution in [-0.2, 0) is 16.1 Å². The minimum atomic E-state index is -0.509. The number of benzene rings is 2. The molecule has 0 aliphatic heterocycles. The third kappa shape index (κ3) is 7.68. The van der Waals surface area contributed by atoms with Gasteiger partial charge in [0.2, 0.25) is 5.91 Å². The van der Waals surface area contributed by atoms with E-state index in [9.17, 15) is 14.0 Å². The van der Waals surface area contributed by atoms with Gasteiger partial charge in [0.05, 0.1) is 7.05 Å². The number of likely N-dealkylation sites (N-methyl/N-ethyl adjacent to an activating group) is 1. The van der Waals surface area contributed by atoms with Gasteiger partial charge < -0.3 is 20.0 Å². The van der Waals surface area contributed by atoms with Gasteiger partial charge in [-0.3, -0.25) is 9.59 Å². The first-order valence-electron chi connectivity index (χ1n) is 10.4. The minimum absolute atomic E-state index is 0.0650. The highest BCUT2D eigenvalue weighted by molar-refractivity contribution is 5.94. The first-order chi connectivity index (χ1) is 14.5. The second-order valence-electron chi connectivity index (χ2n) is 9.08. The van der Waals surface area contributed by atoms with E-state index in [1.165, 1.54) is 24.3 Å². The molecule has 0 bridgehead atoms. The van der Waals surface area contributed by atoms with E-state index in [1.807, 2.05) is 46.8 Å². The standard InChI is InChI=1S/C24H33FN4O2/c1-24(2,3)29(16-22(30)26-20-11-9-19(25)10-12-20)23(31)17-28(6)15-18-7-13-21(14-8-18)27(4)5/h7-14H,15-17H2,1-6H3,(H,26,30)/p+1.